The van der Waals surface area contributed by atoms with Gasteiger partial charge in [-0.1, -0.05) is 102 Å². The molecule has 0 spiro atoms. The van der Waals surface area contributed by atoms with Gasteiger partial charge in [-0.2, -0.15) is 0 Å². The van der Waals surface area contributed by atoms with Gasteiger partial charge in [-0.05, 0) is 80.5 Å². The van der Waals surface area contributed by atoms with Gasteiger partial charge >= 0.3 is 0 Å². The van der Waals surface area contributed by atoms with Gasteiger partial charge in [0.15, 0.2) is 5.78 Å². The van der Waals surface area contributed by atoms with Crippen molar-refractivity contribution in [2.45, 2.75) is 108 Å². The van der Waals surface area contributed by atoms with Crippen LogP contribution in [0.2, 0.25) is 19.6 Å². The number of carbonyl (C=O) groups is 1. The van der Waals surface area contributed by atoms with Gasteiger partial charge < -0.3 is 5.11 Å². The average molecular weight is 827 g/mol. The van der Waals surface area contributed by atoms with E-state index in [0.29, 0.717) is 0 Å². The molecule has 255 valence electrons. The minimum Gasteiger partial charge on any atom is -0.512 e. The first-order valence-corrected chi connectivity index (χ1v) is 20.6. The number of allylic oxidation sites excluding steroid dienone is 2. The number of pyridine rings is 1. The third-order valence-electron chi connectivity index (χ3n) is 9.13. The second kappa shape index (κ2) is 17.5. The number of aliphatic hydroxyl groups excluding tert-OH is 1. The molecule has 3 aromatic carbocycles. The van der Waals surface area contributed by atoms with Crippen LogP contribution in [0.4, 0.5) is 0 Å². The van der Waals surface area contributed by atoms with Crippen molar-refractivity contribution in [1.29, 1.82) is 0 Å². The van der Waals surface area contributed by atoms with Crippen LogP contribution in [0.1, 0.15) is 81.2 Å². The minimum absolute atomic E-state index is 0. The summed E-state index contributed by atoms with van der Waals surface area (Å²) in [5.74, 6) is 0.547. The largest absolute Gasteiger partial charge is 0.512 e. The zero-order valence-electron chi connectivity index (χ0n) is 30.8. The molecule has 0 aliphatic rings. The molecule has 5 heteroatoms. The van der Waals surface area contributed by atoms with Crippen molar-refractivity contribution >= 4 is 29.9 Å². The number of nitrogens with zero attached hydrogens (tertiary/aromatic N) is 1. The first-order chi connectivity index (χ1) is 21.6. The zero-order valence-corrected chi connectivity index (χ0v) is 34.2. The molecule has 0 bridgehead atoms. The number of fused-ring (bicyclic) bond motifs is 1. The molecule has 1 aromatic heterocycles. The smallest absolute Gasteiger partial charge is 0.162 e. The van der Waals surface area contributed by atoms with Gasteiger partial charge in [0.25, 0.3) is 0 Å². The number of benzene rings is 3. The molecule has 1 radical (unpaired) electrons. The second-order valence-electron chi connectivity index (χ2n) is 14.1. The van der Waals surface area contributed by atoms with E-state index in [4.69, 9.17) is 4.98 Å². The zero-order chi connectivity index (χ0) is 34.3. The Morgan fingerprint density at radius 2 is 1.36 bits per heavy atom. The fourth-order valence-electron chi connectivity index (χ4n) is 6.45. The predicted octanol–water partition coefficient (Wildman–Crippen LogP) is 11.3. The van der Waals surface area contributed by atoms with E-state index in [-0.39, 0.29) is 43.5 Å². The number of hydrogen-bond acceptors (Lipinski definition) is 3. The summed E-state index contributed by atoms with van der Waals surface area (Å²) in [6.07, 6.45) is 4.91. The Bertz CT molecular complexity index is 1670. The van der Waals surface area contributed by atoms with Crippen LogP contribution in [-0.2, 0) is 24.9 Å². The minimum atomic E-state index is -1.44. The number of hydrogen-bond donors (Lipinski definition) is 1. The van der Waals surface area contributed by atoms with Crippen LogP contribution < -0.4 is 5.19 Å². The first-order valence-electron chi connectivity index (χ1n) is 17.1. The Labute approximate surface area is 299 Å². The van der Waals surface area contributed by atoms with Crippen molar-refractivity contribution < 1.29 is 30.0 Å². The number of aromatic nitrogens is 1. The third-order valence-corrected chi connectivity index (χ3v) is 11.2. The van der Waals surface area contributed by atoms with Crippen LogP contribution in [-0.4, -0.2) is 23.9 Å². The molecule has 4 aromatic rings. The molecule has 1 heterocycles. The summed E-state index contributed by atoms with van der Waals surface area (Å²) in [5, 5.41) is 12.5. The van der Waals surface area contributed by atoms with Crippen LogP contribution in [0.3, 0.4) is 0 Å². The summed E-state index contributed by atoms with van der Waals surface area (Å²) in [5.41, 5.74) is 12.1. The number of aryl methyl sites for hydroxylation is 5. The molecule has 0 saturated carbocycles. The van der Waals surface area contributed by atoms with Gasteiger partial charge in [-0.25, -0.2) is 0 Å². The van der Waals surface area contributed by atoms with Gasteiger partial charge in [0.05, 0.1) is 19.3 Å². The van der Waals surface area contributed by atoms with Crippen molar-refractivity contribution in [2.75, 3.05) is 0 Å². The molecule has 3 nitrogen and oxygen atoms in total. The fraction of sp³-hybridized carbons (Fsp3) is 0.429. The molecular formula is C42H56IrNO2Si-. The van der Waals surface area contributed by atoms with Gasteiger partial charge in [0.2, 0.25) is 0 Å². The maximum absolute atomic E-state index is 11.7. The Hall–Kier alpha value is -2.85. The predicted molar refractivity (Wildman–Crippen MR) is 202 cm³/mol. The maximum atomic E-state index is 11.7. The molecule has 0 atom stereocenters. The van der Waals surface area contributed by atoms with E-state index in [1.165, 1.54) is 50.0 Å². The molecule has 0 aliphatic carbocycles. The third kappa shape index (κ3) is 10.3. The van der Waals surface area contributed by atoms with E-state index in [0.717, 1.165) is 48.0 Å². The van der Waals surface area contributed by atoms with Crippen LogP contribution >= 0.6 is 0 Å². The SMILES string of the molecule is CCC(CC)C(=O)/C=C(\O)C(CC)CC.Cc1[c-]c(-c2cc(-c3c(C)cc(C)cc3C)c3cc([Si](C)(C)C)ccc3n2)cc(C)c1.[Ir]. The quantitative estimate of drug-likeness (QED) is 0.0750. The number of rotatable bonds is 10. The Morgan fingerprint density at radius 1 is 0.809 bits per heavy atom. The van der Waals surface area contributed by atoms with Crippen LogP contribution in [0.25, 0.3) is 33.3 Å². The van der Waals surface area contributed by atoms with E-state index in [1.807, 2.05) is 27.7 Å². The Morgan fingerprint density at radius 3 is 1.87 bits per heavy atom. The van der Waals surface area contributed by atoms with E-state index in [1.54, 1.807) is 0 Å². The van der Waals surface area contributed by atoms with E-state index >= 15 is 0 Å². The molecule has 0 amide bonds. The first kappa shape index (κ1) is 40.3. The molecule has 0 saturated heterocycles. The summed E-state index contributed by atoms with van der Waals surface area (Å²) in [7, 11) is -1.44. The van der Waals surface area contributed by atoms with E-state index in [9.17, 15) is 9.90 Å². The topological polar surface area (TPSA) is 50.2 Å². The second-order valence-corrected chi connectivity index (χ2v) is 19.1. The average Bonchev–Trinajstić information content (AvgIpc) is 2.97. The normalized spacial score (nSPS) is 11.8. The number of aliphatic hydroxyl groups is 1. The molecule has 0 unspecified atom stereocenters. The van der Waals surface area contributed by atoms with Crippen molar-refractivity contribution in [1.82, 2.24) is 4.98 Å². The van der Waals surface area contributed by atoms with Gasteiger partial charge in [-0.15, -0.1) is 34.9 Å². The summed E-state index contributed by atoms with van der Waals surface area (Å²) in [6, 6.07) is 21.7. The maximum Gasteiger partial charge on any atom is 0.162 e. The van der Waals surface area contributed by atoms with E-state index < -0.39 is 8.07 Å². The number of ketones is 1. The van der Waals surface area contributed by atoms with Crippen molar-refractivity contribution in [2.24, 2.45) is 11.8 Å². The summed E-state index contributed by atoms with van der Waals surface area (Å²) in [6.45, 7) is 26.2. The Balaban J connectivity index is 0.000000410. The fourth-order valence-corrected chi connectivity index (χ4v) is 7.62. The summed E-state index contributed by atoms with van der Waals surface area (Å²) >= 11 is 0. The van der Waals surface area contributed by atoms with Gasteiger partial charge in [0.1, 0.15) is 0 Å². The van der Waals surface area contributed by atoms with E-state index in [2.05, 4.69) is 109 Å². The summed E-state index contributed by atoms with van der Waals surface area (Å²) < 4.78 is 0. The molecule has 47 heavy (non-hydrogen) atoms. The Kier molecular flexibility index (Phi) is 15.0. The molecule has 0 aliphatic heterocycles. The van der Waals surface area contributed by atoms with Crippen LogP contribution in [0, 0.1) is 52.5 Å². The van der Waals surface area contributed by atoms with Gasteiger partial charge in [0, 0.05) is 43.4 Å². The van der Waals surface area contributed by atoms with Crippen molar-refractivity contribution in [3.05, 3.63) is 94.2 Å². The van der Waals surface area contributed by atoms with Crippen LogP contribution in [0.15, 0.2) is 60.4 Å². The van der Waals surface area contributed by atoms with Crippen molar-refractivity contribution in [3.63, 3.8) is 0 Å². The molecule has 4 rings (SSSR count). The standard InChI is InChI=1S/C29H32NSi.C13H24O2.Ir/c1-18-11-19(2)15-23(14-18)28-17-26(29-21(4)12-20(3)13-22(29)5)25-16-24(31(6,7)8)9-10-27(25)30-28;1-5-10(6-2)12(14)9-13(15)11(7-3)8-4;/h9-14,16-17H,1-8H3;9-11,14H,5-8H2,1-4H3;/q-1;;/b;12-9-;. The van der Waals surface area contributed by atoms with Crippen LogP contribution in [0.5, 0.6) is 0 Å². The monoisotopic (exact) mass is 827 g/mol. The van der Waals surface area contributed by atoms with Gasteiger partial charge in [-0.3, -0.25) is 9.78 Å². The molecule has 0 fully saturated rings. The number of carbonyl (C=O) groups excluding carboxylic acids is 1. The van der Waals surface area contributed by atoms with Crippen molar-refractivity contribution in [3.8, 4) is 22.4 Å². The summed E-state index contributed by atoms with van der Waals surface area (Å²) in [4.78, 5) is 16.8. The molecular weight excluding hydrogens is 771 g/mol. The molecule has 1 N–H and O–H groups in total.